The average molecular weight is 284 g/mol. The third-order valence-corrected chi connectivity index (χ3v) is 3.21. The van der Waals surface area contributed by atoms with Gasteiger partial charge in [-0.25, -0.2) is 4.98 Å². The molecule has 1 aromatic heterocycles. The summed E-state index contributed by atoms with van der Waals surface area (Å²) in [6, 6.07) is 2.66. The minimum atomic E-state index is -0.880. The number of hydrogen-bond donors (Lipinski definition) is 2. The van der Waals surface area contributed by atoms with Crippen LogP contribution in [0.15, 0.2) is 18.3 Å². The highest BCUT2D eigenvalue weighted by Gasteiger charge is 2.31. The highest BCUT2D eigenvalue weighted by atomic mass is 35.5. The number of carbonyl (C=O) groups is 2. The Morgan fingerprint density at radius 3 is 2.95 bits per heavy atom. The minimum Gasteiger partial charge on any atom is -0.480 e. The lowest BCUT2D eigenvalue weighted by molar-refractivity contribution is -0.142. The first-order valence-electron chi connectivity index (χ1n) is 5.94. The standard InChI is InChI=1S/C12H14ClN3O3/c13-8-3-4-10(14-6-8)15-11(17)7-16-5-1-2-9(16)12(18)19/h3-4,6,9H,1-2,5,7H2,(H,18,19)(H,14,15,17)/t9-/m1/s1. The largest absolute Gasteiger partial charge is 0.480 e. The monoisotopic (exact) mass is 283 g/mol. The molecule has 0 saturated carbocycles. The third-order valence-electron chi connectivity index (χ3n) is 2.99. The van der Waals surface area contributed by atoms with Crippen molar-refractivity contribution in [2.24, 2.45) is 0 Å². The van der Waals surface area contributed by atoms with E-state index in [0.29, 0.717) is 23.8 Å². The second-order valence-corrected chi connectivity index (χ2v) is 4.81. The Hall–Kier alpha value is -1.66. The van der Waals surface area contributed by atoms with Crippen LogP contribution >= 0.6 is 11.6 Å². The zero-order valence-electron chi connectivity index (χ0n) is 10.2. The van der Waals surface area contributed by atoms with Crippen LogP contribution in [0, 0.1) is 0 Å². The summed E-state index contributed by atoms with van der Waals surface area (Å²) in [5.74, 6) is -0.752. The quantitative estimate of drug-likeness (QED) is 0.868. The number of halogens is 1. The Morgan fingerprint density at radius 2 is 2.32 bits per heavy atom. The molecule has 1 aliphatic rings. The van der Waals surface area contributed by atoms with Crippen LogP contribution in [0.3, 0.4) is 0 Å². The van der Waals surface area contributed by atoms with Crippen LogP contribution in [0.1, 0.15) is 12.8 Å². The summed E-state index contributed by atoms with van der Waals surface area (Å²) in [4.78, 5) is 28.4. The van der Waals surface area contributed by atoms with Crippen LogP contribution in [0.25, 0.3) is 0 Å². The Kier molecular flexibility index (Phi) is 4.34. The van der Waals surface area contributed by atoms with Gasteiger partial charge in [-0.3, -0.25) is 14.5 Å². The molecule has 1 saturated heterocycles. The number of anilines is 1. The molecule has 1 aliphatic heterocycles. The van der Waals surface area contributed by atoms with E-state index >= 15 is 0 Å². The van der Waals surface area contributed by atoms with Gasteiger partial charge in [0.05, 0.1) is 11.6 Å². The van der Waals surface area contributed by atoms with E-state index in [9.17, 15) is 9.59 Å². The summed E-state index contributed by atoms with van der Waals surface area (Å²) in [5.41, 5.74) is 0. The maximum absolute atomic E-state index is 11.8. The molecule has 2 rings (SSSR count). The topological polar surface area (TPSA) is 82.5 Å². The van der Waals surface area contributed by atoms with Gasteiger partial charge in [-0.15, -0.1) is 0 Å². The molecule has 0 spiro atoms. The van der Waals surface area contributed by atoms with E-state index < -0.39 is 12.0 Å². The van der Waals surface area contributed by atoms with E-state index in [0.717, 1.165) is 6.42 Å². The van der Waals surface area contributed by atoms with E-state index in [1.54, 1.807) is 17.0 Å². The number of carboxylic acids is 1. The Balaban J connectivity index is 1.90. The van der Waals surface area contributed by atoms with E-state index in [1.807, 2.05) is 0 Å². The fourth-order valence-corrected chi connectivity index (χ4v) is 2.22. The molecule has 0 unspecified atom stereocenters. The van der Waals surface area contributed by atoms with Crippen LogP contribution in [0.2, 0.25) is 5.02 Å². The Bertz CT molecular complexity index is 478. The van der Waals surface area contributed by atoms with Crippen molar-refractivity contribution in [3.05, 3.63) is 23.4 Å². The van der Waals surface area contributed by atoms with Gasteiger partial charge in [0.25, 0.3) is 0 Å². The lowest BCUT2D eigenvalue weighted by atomic mass is 10.2. The summed E-state index contributed by atoms with van der Waals surface area (Å²) in [6.07, 6.45) is 2.82. The van der Waals surface area contributed by atoms with Gasteiger partial charge >= 0.3 is 5.97 Å². The highest BCUT2D eigenvalue weighted by molar-refractivity contribution is 6.30. The predicted molar refractivity (Wildman–Crippen MR) is 70.1 cm³/mol. The number of nitrogens with one attached hydrogen (secondary N) is 1. The highest BCUT2D eigenvalue weighted by Crippen LogP contribution is 2.17. The van der Waals surface area contributed by atoms with Crippen molar-refractivity contribution < 1.29 is 14.7 Å². The predicted octanol–water partition coefficient (Wildman–Crippen LogP) is 1.22. The SMILES string of the molecule is O=C(CN1CCC[C@@H]1C(=O)O)Nc1ccc(Cl)cn1. The van der Waals surface area contributed by atoms with Crippen LogP contribution < -0.4 is 5.32 Å². The van der Waals surface area contributed by atoms with Crippen LogP contribution in [0.4, 0.5) is 5.82 Å². The number of rotatable bonds is 4. The van der Waals surface area contributed by atoms with Crippen molar-refractivity contribution in [1.29, 1.82) is 0 Å². The first-order valence-corrected chi connectivity index (χ1v) is 6.32. The smallest absolute Gasteiger partial charge is 0.320 e. The molecule has 0 bridgehead atoms. The van der Waals surface area contributed by atoms with E-state index in [4.69, 9.17) is 16.7 Å². The molecule has 1 atom stereocenters. The number of amides is 1. The summed E-state index contributed by atoms with van der Waals surface area (Å²) in [7, 11) is 0. The summed E-state index contributed by atoms with van der Waals surface area (Å²) in [6.45, 7) is 0.680. The second kappa shape index (κ2) is 5.99. The molecule has 19 heavy (non-hydrogen) atoms. The van der Waals surface area contributed by atoms with Crippen LogP contribution in [-0.4, -0.2) is 46.0 Å². The Morgan fingerprint density at radius 1 is 1.53 bits per heavy atom. The maximum atomic E-state index is 11.8. The third kappa shape index (κ3) is 3.65. The van der Waals surface area contributed by atoms with Gasteiger partial charge in [-0.1, -0.05) is 11.6 Å². The molecule has 0 radical (unpaired) electrons. The van der Waals surface area contributed by atoms with Crippen molar-refractivity contribution in [1.82, 2.24) is 9.88 Å². The summed E-state index contributed by atoms with van der Waals surface area (Å²) < 4.78 is 0. The minimum absolute atomic E-state index is 0.0568. The molecule has 102 valence electrons. The van der Waals surface area contributed by atoms with Crippen molar-refractivity contribution in [3.63, 3.8) is 0 Å². The first-order chi connectivity index (χ1) is 9.06. The number of aromatic nitrogens is 1. The number of aliphatic carboxylic acids is 1. The number of hydrogen-bond acceptors (Lipinski definition) is 4. The molecule has 0 aliphatic carbocycles. The first kappa shape index (κ1) is 13.8. The number of pyridine rings is 1. The molecule has 0 aromatic carbocycles. The maximum Gasteiger partial charge on any atom is 0.320 e. The lowest BCUT2D eigenvalue weighted by Gasteiger charge is -2.19. The van der Waals surface area contributed by atoms with Gasteiger partial charge in [0.1, 0.15) is 11.9 Å². The number of nitrogens with zero attached hydrogens (tertiary/aromatic N) is 2. The van der Waals surface area contributed by atoms with Crippen molar-refractivity contribution in [3.8, 4) is 0 Å². The fourth-order valence-electron chi connectivity index (χ4n) is 2.11. The van der Waals surface area contributed by atoms with Gasteiger partial charge in [-0.05, 0) is 31.5 Å². The number of carboxylic acid groups (broad SMARTS) is 1. The van der Waals surface area contributed by atoms with E-state index in [-0.39, 0.29) is 12.5 Å². The van der Waals surface area contributed by atoms with E-state index in [1.165, 1.54) is 6.20 Å². The zero-order valence-corrected chi connectivity index (χ0v) is 10.9. The van der Waals surface area contributed by atoms with Gasteiger partial charge in [-0.2, -0.15) is 0 Å². The number of likely N-dealkylation sites (tertiary alicyclic amines) is 1. The molecule has 2 N–H and O–H groups in total. The van der Waals surface area contributed by atoms with Gasteiger partial charge in [0, 0.05) is 6.20 Å². The molecule has 2 heterocycles. The summed E-state index contributed by atoms with van der Waals surface area (Å²) >= 11 is 5.69. The van der Waals surface area contributed by atoms with Crippen molar-refractivity contribution in [2.75, 3.05) is 18.4 Å². The van der Waals surface area contributed by atoms with Gasteiger partial charge in [0.2, 0.25) is 5.91 Å². The average Bonchev–Trinajstić information content (AvgIpc) is 2.80. The van der Waals surface area contributed by atoms with E-state index in [2.05, 4.69) is 10.3 Å². The lowest BCUT2D eigenvalue weighted by Crippen LogP contribution is -2.41. The van der Waals surface area contributed by atoms with Crippen LogP contribution in [-0.2, 0) is 9.59 Å². The zero-order chi connectivity index (χ0) is 13.8. The molecule has 7 heteroatoms. The van der Waals surface area contributed by atoms with Crippen molar-refractivity contribution in [2.45, 2.75) is 18.9 Å². The van der Waals surface area contributed by atoms with Crippen LogP contribution in [0.5, 0.6) is 0 Å². The molecule has 1 fully saturated rings. The molecular formula is C12H14ClN3O3. The van der Waals surface area contributed by atoms with Gasteiger partial charge < -0.3 is 10.4 Å². The molecule has 6 nitrogen and oxygen atoms in total. The number of carbonyl (C=O) groups excluding carboxylic acids is 1. The fraction of sp³-hybridized carbons (Fsp3) is 0.417. The Labute approximate surface area is 115 Å². The van der Waals surface area contributed by atoms with Crippen molar-refractivity contribution >= 4 is 29.3 Å². The van der Waals surface area contributed by atoms with Gasteiger partial charge in [0.15, 0.2) is 0 Å². The molecular weight excluding hydrogens is 270 g/mol. The summed E-state index contributed by atoms with van der Waals surface area (Å²) in [5, 5.41) is 12.1. The molecule has 1 aromatic rings. The molecule has 1 amide bonds. The second-order valence-electron chi connectivity index (χ2n) is 4.38. The normalized spacial score (nSPS) is 19.3.